The Kier molecular flexibility index (Phi) is 5.69. The summed E-state index contributed by atoms with van der Waals surface area (Å²) < 4.78 is 7.32. The summed E-state index contributed by atoms with van der Waals surface area (Å²) in [6.45, 7) is 2.73. The van der Waals surface area contributed by atoms with Crippen molar-refractivity contribution in [3.05, 3.63) is 72.3 Å². The number of pyridine rings is 1. The van der Waals surface area contributed by atoms with Gasteiger partial charge in [0.05, 0.1) is 24.6 Å². The second kappa shape index (κ2) is 8.54. The summed E-state index contributed by atoms with van der Waals surface area (Å²) in [5.41, 5.74) is 3.03. The van der Waals surface area contributed by atoms with Crippen molar-refractivity contribution < 1.29 is 9.84 Å². The minimum atomic E-state index is -0.486. The van der Waals surface area contributed by atoms with E-state index in [1.54, 1.807) is 19.5 Å². The lowest BCUT2D eigenvalue weighted by atomic mass is 9.89. The second-order valence-corrected chi connectivity index (χ2v) is 7.26. The molecule has 3 heterocycles. The summed E-state index contributed by atoms with van der Waals surface area (Å²) in [6, 6.07) is 13.8. The highest BCUT2D eigenvalue weighted by Gasteiger charge is 2.27. The van der Waals surface area contributed by atoms with E-state index in [9.17, 15) is 5.11 Å². The molecule has 1 aliphatic rings. The summed E-state index contributed by atoms with van der Waals surface area (Å²) in [7, 11) is 1.69. The number of hydrogen-bond acceptors (Lipinski definition) is 5. The van der Waals surface area contributed by atoms with Gasteiger partial charge < -0.3 is 9.84 Å². The predicted octanol–water partition coefficient (Wildman–Crippen LogP) is 3.22. The van der Waals surface area contributed by atoms with Crippen LogP contribution in [0.1, 0.15) is 30.2 Å². The van der Waals surface area contributed by atoms with Gasteiger partial charge in [-0.2, -0.15) is 5.10 Å². The smallest absolute Gasteiger partial charge is 0.119 e. The molecule has 1 unspecified atom stereocenters. The molecule has 0 aliphatic carbocycles. The standard InChI is InChI=1S/C22H26N4O2/c1-28-19-6-7-21(26-12-4-11-24-26)18(15-19)16-25-13-8-17(9-14-25)22(27)20-5-2-3-10-23-20/h2-7,10-12,15,17,22,27H,8-9,13-14,16H2,1H3. The van der Waals surface area contributed by atoms with Crippen LogP contribution in [0.25, 0.3) is 5.69 Å². The molecule has 3 aromatic rings. The Bertz CT molecular complexity index is 875. The maximum atomic E-state index is 10.6. The van der Waals surface area contributed by atoms with Crippen molar-refractivity contribution in [2.75, 3.05) is 20.2 Å². The molecule has 1 aliphatic heterocycles. The molecule has 1 saturated heterocycles. The van der Waals surface area contributed by atoms with E-state index in [-0.39, 0.29) is 5.92 Å². The minimum absolute atomic E-state index is 0.252. The Morgan fingerprint density at radius 3 is 2.68 bits per heavy atom. The van der Waals surface area contributed by atoms with E-state index in [4.69, 9.17) is 4.74 Å². The Morgan fingerprint density at radius 2 is 2.00 bits per heavy atom. The maximum Gasteiger partial charge on any atom is 0.119 e. The average molecular weight is 378 g/mol. The van der Waals surface area contributed by atoms with Crippen LogP contribution in [-0.4, -0.2) is 45.0 Å². The Labute approximate surface area is 165 Å². The molecule has 0 saturated carbocycles. The van der Waals surface area contributed by atoms with Gasteiger partial charge in [0.15, 0.2) is 0 Å². The molecule has 6 heteroatoms. The van der Waals surface area contributed by atoms with E-state index in [1.807, 2.05) is 41.2 Å². The molecule has 1 atom stereocenters. The van der Waals surface area contributed by atoms with E-state index in [1.165, 1.54) is 5.56 Å². The maximum absolute atomic E-state index is 10.6. The number of aromatic nitrogens is 3. The number of piperidine rings is 1. The summed E-state index contributed by atoms with van der Waals surface area (Å²) in [6.07, 6.45) is 6.92. The SMILES string of the molecule is COc1ccc(-n2cccn2)c(CN2CCC(C(O)c3ccccn3)CC2)c1. The van der Waals surface area contributed by atoms with Crippen molar-refractivity contribution in [2.24, 2.45) is 5.92 Å². The van der Waals surface area contributed by atoms with Gasteiger partial charge in [0.1, 0.15) is 5.75 Å². The molecule has 28 heavy (non-hydrogen) atoms. The van der Waals surface area contributed by atoms with Crippen LogP contribution in [-0.2, 0) is 6.54 Å². The van der Waals surface area contributed by atoms with E-state index >= 15 is 0 Å². The lowest BCUT2D eigenvalue weighted by Gasteiger charge is -2.34. The van der Waals surface area contributed by atoms with Crippen LogP contribution in [0.5, 0.6) is 5.75 Å². The van der Waals surface area contributed by atoms with Crippen LogP contribution in [0.2, 0.25) is 0 Å². The van der Waals surface area contributed by atoms with Crippen molar-refractivity contribution in [1.29, 1.82) is 0 Å². The van der Waals surface area contributed by atoms with Crippen molar-refractivity contribution in [1.82, 2.24) is 19.7 Å². The first-order valence-corrected chi connectivity index (χ1v) is 9.73. The van der Waals surface area contributed by atoms with Gasteiger partial charge in [-0.25, -0.2) is 4.68 Å². The molecule has 0 bridgehead atoms. The zero-order chi connectivity index (χ0) is 19.3. The normalized spacial score (nSPS) is 16.8. The van der Waals surface area contributed by atoms with E-state index in [2.05, 4.69) is 27.1 Å². The molecule has 1 N–H and O–H groups in total. The van der Waals surface area contributed by atoms with E-state index in [0.29, 0.717) is 0 Å². The third-order valence-electron chi connectivity index (χ3n) is 5.50. The number of likely N-dealkylation sites (tertiary alicyclic amines) is 1. The quantitative estimate of drug-likeness (QED) is 0.714. The zero-order valence-corrected chi connectivity index (χ0v) is 16.1. The number of methoxy groups -OCH3 is 1. The van der Waals surface area contributed by atoms with Crippen LogP contribution in [0.3, 0.4) is 0 Å². The Hall–Kier alpha value is -2.70. The number of benzene rings is 1. The topological polar surface area (TPSA) is 63.4 Å². The fourth-order valence-electron chi connectivity index (χ4n) is 3.91. The molecule has 1 fully saturated rings. The van der Waals surface area contributed by atoms with Crippen molar-refractivity contribution in [3.8, 4) is 11.4 Å². The van der Waals surface area contributed by atoms with Gasteiger partial charge in [-0.1, -0.05) is 6.07 Å². The number of hydrogen-bond donors (Lipinski definition) is 1. The van der Waals surface area contributed by atoms with Gasteiger partial charge in [0, 0.05) is 25.1 Å². The highest BCUT2D eigenvalue weighted by Crippen LogP contribution is 2.31. The molecule has 0 spiro atoms. The molecule has 0 radical (unpaired) electrons. The second-order valence-electron chi connectivity index (χ2n) is 7.26. The van der Waals surface area contributed by atoms with Crippen LogP contribution >= 0.6 is 0 Å². The van der Waals surface area contributed by atoms with Gasteiger partial charge in [0.2, 0.25) is 0 Å². The summed E-state index contributed by atoms with van der Waals surface area (Å²) in [5, 5.41) is 15.0. The van der Waals surface area contributed by atoms with Gasteiger partial charge in [0.25, 0.3) is 0 Å². The first-order valence-electron chi connectivity index (χ1n) is 9.73. The van der Waals surface area contributed by atoms with E-state index in [0.717, 1.165) is 49.6 Å². The number of aliphatic hydroxyl groups is 1. The summed E-state index contributed by atoms with van der Waals surface area (Å²) in [5.74, 6) is 1.11. The fraction of sp³-hybridized carbons (Fsp3) is 0.364. The molecule has 1 aromatic carbocycles. The van der Waals surface area contributed by atoms with Crippen LogP contribution in [0.4, 0.5) is 0 Å². The van der Waals surface area contributed by atoms with Crippen LogP contribution in [0.15, 0.2) is 61.1 Å². The van der Waals surface area contributed by atoms with Gasteiger partial charge >= 0.3 is 0 Å². The molecule has 2 aromatic heterocycles. The molecular weight excluding hydrogens is 352 g/mol. The number of aliphatic hydroxyl groups excluding tert-OH is 1. The Morgan fingerprint density at radius 1 is 1.14 bits per heavy atom. The van der Waals surface area contributed by atoms with Crippen molar-refractivity contribution >= 4 is 0 Å². The predicted molar refractivity (Wildman–Crippen MR) is 107 cm³/mol. The first kappa shape index (κ1) is 18.7. The van der Waals surface area contributed by atoms with Crippen LogP contribution < -0.4 is 4.74 Å². The van der Waals surface area contributed by atoms with Crippen LogP contribution in [0, 0.1) is 5.92 Å². The molecular formula is C22H26N4O2. The van der Waals surface area contributed by atoms with Crippen molar-refractivity contribution in [2.45, 2.75) is 25.5 Å². The Balaban J connectivity index is 1.44. The first-order chi connectivity index (χ1) is 13.7. The number of ether oxygens (including phenoxy) is 1. The lowest BCUT2D eigenvalue weighted by Crippen LogP contribution is -2.35. The summed E-state index contributed by atoms with van der Waals surface area (Å²) >= 11 is 0. The van der Waals surface area contributed by atoms with E-state index < -0.39 is 6.10 Å². The van der Waals surface area contributed by atoms with Gasteiger partial charge in [-0.3, -0.25) is 9.88 Å². The highest BCUT2D eigenvalue weighted by molar-refractivity contribution is 5.45. The molecule has 6 nitrogen and oxygen atoms in total. The third-order valence-corrected chi connectivity index (χ3v) is 5.50. The van der Waals surface area contributed by atoms with Gasteiger partial charge in [-0.05, 0) is 73.8 Å². The molecule has 0 amide bonds. The summed E-state index contributed by atoms with van der Waals surface area (Å²) in [4.78, 5) is 6.75. The largest absolute Gasteiger partial charge is 0.497 e. The fourth-order valence-corrected chi connectivity index (χ4v) is 3.91. The molecule has 146 valence electrons. The lowest BCUT2D eigenvalue weighted by molar-refractivity contribution is 0.0539. The number of nitrogens with zero attached hydrogens (tertiary/aromatic N) is 4. The van der Waals surface area contributed by atoms with Gasteiger partial charge in [-0.15, -0.1) is 0 Å². The molecule has 4 rings (SSSR count). The zero-order valence-electron chi connectivity index (χ0n) is 16.1. The average Bonchev–Trinajstić information content (AvgIpc) is 3.29. The highest BCUT2D eigenvalue weighted by atomic mass is 16.5. The third kappa shape index (κ3) is 4.08. The monoisotopic (exact) mass is 378 g/mol. The number of rotatable bonds is 6. The van der Waals surface area contributed by atoms with Crippen molar-refractivity contribution in [3.63, 3.8) is 0 Å². The minimum Gasteiger partial charge on any atom is -0.497 e.